The van der Waals surface area contributed by atoms with Crippen LogP contribution in [0, 0.1) is 13.8 Å². The first-order valence-electron chi connectivity index (χ1n) is 6.11. The topological polar surface area (TPSA) is 122 Å². The highest BCUT2D eigenvalue weighted by Crippen LogP contribution is 2.19. The van der Waals surface area contributed by atoms with Crippen molar-refractivity contribution in [3.63, 3.8) is 0 Å². The maximum Gasteiger partial charge on any atom is 0.325 e. The Morgan fingerprint density at radius 1 is 1.45 bits per heavy atom. The van der Waals surface area contributed by atoms with Gasteiger partial charge in [0.15, 0.2) is 0 Å². The number of carboxylic acids is 1. The molecule has 0 bridgehead atoms. The Morgan fingerprint density at radius 2 is 2.05 bits per heavy atom. The Hall–Kier alpha value is -1.45. The third-order valence-corrected chi connectivity index (χ3v) is 4.68. The van der Waals surface area contributed by atoms with E-state index in [1.165, 1.54) is 13.8 Å². The molecule has 8 nitrogen and oxygen atoms in total. The van der Waals surface area contributed by atoms with Gasteiger partial charge in [0.05, 0.1) is 18.0 Å². The number of carboxylic acid groups (broad SMARTS) is 1. The van der Waals surface area contributed by atoms with Crippen molar-refractivity contribution in [1.82, 2.24) is 14.5 Å². The van der Waals surface area contributed by atoms with E-state index in [1.807, 2.05) is 0 Å². The maximum absolute atomic E-state index is 12.3. The summed E-state index contributed by atoms with van der Waals surface area (Å²) in [5, 5.41) is 21.8. The van der Waals surface area contributed by atoms with Gasteiger partial charge < -0.3 is 10.2 Å². The predicted molar refractivity (Wildman–Crippen MR) is 70.8 cm³/mol. The summed E-state index contributed by atoms with van der Waals surface area (Å²) in [6, 6.07) is -0.582. The number of nitrogens with zero attached hydrogens (tertiary/aromatic N) is 2. The Kier molecular flexibility index (Phi) is 5.26. The highest BCUT2D eigenvalue weighted by molar-refractivity contribution is 7.89. The van der Waals surface area contributed by atoms with E-state index in [4.69, 9.17) is 10.2 Å². The number of carbonyl (C=O) groups is 1. The van der Waals surface area contributed by atoms with E-state index in [9.17, 15) is 13.2 Å². The second-order valence-corrected chi connectivity index (χ2v) is 6.11. The largest absolute Gasteiger partial charge is 0.480 e. The molecule has 0 amide bonds. The summed E-state index contributed by atoms with van der Waals surface area (Å²) in [4.78, 5) is 10.7. The number of sulfonamides is 1. The average Bonchev–Trinajstić information content (AvgIpc) is 2.61. The first kappa shape index (κ1) is 16.6. The van der Waals surface area contributed by atoms with Gasteiger partial charge in [-0.15, -0.1) is 0 Å². The summed E-state index contributed by atoms with van der Waals surface area (Å²) in [6.07, 6.45) is 0.442. The second-order valence-electron chi connectivity index (χ2n) is 4.46. The quantitative estimate of drug-likeness (QED) is 0.632. The molecule has 0 saturated carbocycles. The van der Waals surface area contributed by atoms with Gasteiger partial charge in [0.25, 0.3) is 0 Å². The van der Waals surface area contributed by atoms with Gasteiger partial charge in [-0.3, -0.25) is 9.48 Å². The van der Waals surface area contributed by atoms with Crippen LogP contribution in [0.5, 0.6) is 0 Å². The van der Waals surface area contributed by atoms with Crippen LogP contribution in [0.15, 0.2) is 4.90 Å². The molecule has 1 rings (SSSR count). The summed E-state index contributed by atoms with van der Waals surface area (Å²) in [7, 11) is -3.85. The minimum Gasteiger partial charge on any atom is -0.480 e. The molecule has 0 aromatic carbocycles. The number of hydrogen-bond acceptors (Lipinski definition) is 5. The number of rotatable bonds is 7. The maximum atomic E-state index is 12.3. The molecule has 9 heteroatoms. The lowest BCUT2D eigenvalue weighted by Crippen LogP contribution is -2.37. The minimum atomic E-state index is -3.85. The third-order valence-electron chi connectivity index (χ3n) is 2.90. The number of nitrogens with one attached hydrogen (secondary N) is 1. The van der Waals surface area contributed by atoms with Gasteiger partial charge in [0.2, 0.25) is 10.0 Å². The summed E-state index contributed by atoms with van der Waals surface area (Å²) in [6.45, 7) is 4.03. The molecular weight excluding hydrogens is 286 g/mol. The molecule has 1 aromatic heterocycles. The number of aliphatic hydroxyl groups excluding tert-OH is 1. The van der Waals surface area contributed by atoms with Crippen molar-refractivity contribution in [1.29, 1.82) is 0 Å². The van der Waals surface area contributed by atoms with Crippen molar-refractivity contribution < 1.29 is 23.4 Å². The third kappa shape index (κ3) is 3.56. The smallest absolute Gasteiger partial charge is 0.325 e. The van der Waals surface area contributed by atoms with Gasteiger partial charge in [-0.1, -0.05) is 6.92 Å². The van der Waals surface area contributed by atoms with Crippen molar-refractivity contribution in [3.05, 3.63) is 11.4 Å². The van der Waals surface area contributed by atoms with Crippen molar-refractivity contribution in [2.45, 2.75) is 44.7 Å². The molecule has 0 aliphatic heterocycles. The van der Waals surface area contributed by atoms with E-state index in [-0.39, 0.29) is 22.9 Å². The van der Waals surface area contributed by atoms with Crippen LogP contribution in [0.3, 0.4) is 0 Å². The second kappa shape index (κ2) is 6.33. The normalized spacial score (nSPS) is 13.4. The number of aromatic nitrogens is 2. The number of aliphatic hydroxyl groups is 1. The highest BCUT2D eigenvalue weighted by Gasteiger charge is 2.27. The predicted octanol–water partition coefficient (Wildman–Crippen LogP) is -0.366. The molecule has 0 radical (unpaired) electrons. The molecule has 0 aliphatic carbocycles. The fourth-order valence-electron chi connectivity index (χ4n) is 1.88. The van der Waals surface area contributed by atoms with Crippen molar-refractivity contribution in [2.24, 2.45) is 0 Å². The van der Waals surface area contributed by atoms with E-state index in [2.05, 4.69) is 9.82 Å². The fraction of sp³-hybridized carbons (Fsp3) is 0.636. The number of aryl methyl sites for hydroxylation is 1. The van der Waals surface area contributed by atoms with Crippen LogP contribution in [-0.4, -0.2) is 47.0 Å². The molecule has 0 spiro atoms. The molecule has 1 aromatic rings. The van der Waals surface area contributed by atoms with E-state index >= 15 is 0 Å². The van der Waals surface area contributed by atoms with E-state index < -0.39 is 28.6 Å². The van der Waals surface area contributed by atoms with Gasteiger partial charge in [-0.25, -0.2) is 13.1 Å². The van der Waals surface area contributed by atoms with Crippen molar-refractivity contribution in [3.8, 4) is 0 Å². The molecule has 3 N–H and O–H groups in total. The standard InChI is InChI=1S/C11H19N3O5S/c1-4-9(6-15)13-20(18,19)11-7(2)12-14(8(11)3)5-10(16)17/h9,13,15H,4-6H2,1-3H3,(H,16,17). The lowest BCUT2D eigenvalue weighted by molar-refractivity contribution is -0.137. The van der Waals surface area contributed by atoms with Crippen LogP contribution >= 0.6 is 0 Å². The Labute approximate surface area is 117 Å². The van der Waals surface area contributed by atoms with Crippen LogP contribution in [0.1, 0.15) is 24.7 Å². The van der Waals surface area contributed by atoms with Crippen LogP contribution in [-0.2, 0) is 21.4 Å². The SMILES string of the molecule is CCC(CO)NS(=O)(=O)c1c(C)nn(CC(=O)O)c1C. The average molecular weight is 305 g/mol. The molecule has 1 heterocycles. The number of hydrogen-bond donors (Lipinski definition) is 3. The van der Waals surface area contributed by atoms with Crippen LogP contribution in [0.2, 0.25) is 0 Å². The Balaban J connectivity index is 3.18. The van der Waals surface area contributed by atoms with Gasteiger partial charge in [0.1, 0.15) is 11.4 Å². The molecule has 0 saturated heterocycles. The van der Waals surface area contributed by atoms with E-state index in [1.54, 1.807) is 6.92 Å². The summed E-state index contributed by atoms with van der Waals surface area (Å²) in [5.74, 6) is -1.10. The molecule has 114 valence electrons. The molecule has 20 heavy (non-hydrogen) atoms. The van der Waals surface area contributed by atoms with Crippen LogP contribution in [0.25, 0.3) is 0 Å². The van der Waals surface area contributed by atoms with Crippen LogP contribution in [0.4, 0.5) is 0 Å². The highest BCUT2D eigenvalue weighted by atomic mass is 32.2. The van der Waals surface area contributed by atoms with Crippen molar-refractivity contribution in [2.75, 3.05) is 6.61 Å². The van der Waals surface area contributed by atoms with Crippen molar-refractivity contribution >= 4 is 16.0 Å². The zero-order chi connectivity index (χ0) is 15.5. The fourth-order valence-corrected chi connectivity index (χ4v) is 3.60. The molecule has 0 fully saturated rings. The summed E-state index contributed by atoms with van der Waals surface area (Å²) in [5.41, 5.74) is 0.481. The van der Waals surface area contributed by atoms with Gasteiger partial charge >= 0.3 is 5.97 Å². The van der Waals surface area contributed by atoms with Crippen LogP contribution < -0.4 is 4.72 Å². The Bertz CT molecular complexity index is 589. The first-order chi connectivity index (χ1) is 9.22. The molecule has 1 unspecified atom stereocenters. The monoisotopic (exact) mass is 305 g/mol. The van der Waals surface area contributed by atoms with Gasteiger partial charge in [0, 0.05) is 6.04 Å². The lowest BCUT2D eigenvalue weighted by Gasteiger charge is -2.14. The Morgan fingerprint density at radius 3 is 2.50 bits per heavy atom. The zero-order valence-corrected chi connectivity index (χ0v) is 12.4. The molecular formula is C11H19N3O5S. The van der Waals surface area contributed by atoms with E-state index in [0.29, 0.717) is 6.42 Å². The molecule has 1 atom stereocenters. The van der Waals surface area contributed by atoms with Gasteiger partial charge in [-0.2, -0.15) is 5.10 Å². The first-order valence-corrected chi connectivity index (χ1v) is 7.60. The minimum absolute atomic E-state index is 0.0364. The lowest BCUT2D eigenvalue weighted by atomic mass is 10.3. The van der Waals surface area contributed by atoms with E-state index in [0.717, 1.165) is 4.68 Å². The number of aliphatic carboxylic acids is 1. The zero-order valence-electron chi connectivity index (χ0n) is 11.6. The summed E-state index contributed by atoms with van der Waals surface area (Å²) < 4.78 is 28.1. The van der Waals surface area contributed by atoms with Gasteiger partial charge in [-0.05, 0) is 20.3 Å². The summed E-state index contributed by atoms with van der Waals surface area (Å²) >= 11 is 0. The molecule has 0 aliphatic rings.